The third-order valence-electron chi connectivity index (χ3n) is 2.69. The molecule has 20 heavy (non-hydrogen) atoms. The highest BCUT2D eigenvalue weighted by Crippen LogP contribution is 2.33. The van der Waals surface area contributed by atoms with Gasteiger partial charge < -0.3 is 10.1 Å². The molecule has 2 aromatic rings. The van der Waals surface area contributed by atoms with E-state index in [0.717, 1.165) is 24.7 Å². The quantitative estimate of drug-likeness (QED) is 0.619. The van der Waals surface area contributed by atoms with Crippen molar-refractivity contribution < 1.29 is 9.13 Å². The summed E-state index contributed by atoms with van der Waals surface area (Å²) in [4.78, 5) is 0. The summed E-state index contributed by atoms with van der Waals surface area (Å²) in [5.74, 6) is 0.478. The van der Waals surface area contributed by atoms with Crippen LogP contribution in [0, 0.1) is 5.82 Å². The van der Waals surface area contributed by atoms with Crippen LogP contribution in [0.15, 0.2) is 43.7 Å². The highest BCUT2D eigenvalue weighted by molar-refractivity contribution is 9.11. The fourth-order valence-corrected chi connectivity index (χ4v) is 3.66. The first-order chi connectivity index (χ1) is 9.51. The second kappa shape index (κ2) is 6.91. The van der Waals surface area contributed by atoms with Crippen LogP contribution in [0.25, 0.3) is 0 Å². The number of hydrogen-bond acceptors (Lipinski definition) is 2. The highest BCUT2D eigenvalue weighted by atomic mass is 79.9. The molecule has 2 nitrogen and oxygen atoms in total. The number of rotatable bonds is 4. The van der Waals surface area contributed by atoms with Crippen LogP contribution in [0.4, 0.5) is 10.1 Å². The Morgan fingerprint density at radius 3 is 2.55 bits per heavy atom. The Labute approximate surface area is 142 Å². The van der Waals surface area contributed by atoms with E-state index in [1.54, 1.807) is 13.2 Å². The van der Waals surface area contributed by atoms with Crippen LogP contribution >= 0.6 is 47.8 Å². The molecule has 2 aromatic carbocycles. The molecule has 0 spiro atoms. The zero-order valence-electron chi connectivity index (χ0n) is 10.5. The average molecular weight is 468 g/mol. The first-order valence-corrected chi connectivity index (χ1v) is 8.10. The average Bonchev–Trinajstić information content (AvgIpc) is 2.39. The normalized spacial score (nSPS) is 10.4. The molecule has 0 fully saturated rings. The molecule has 0 saturated heterocycles. The molecule has 2 rings (SSSR count). The zero-order chi connectivity index (χ0) is 14.7. The number of ether oxygens (including phenoxy) is 1. The van der Waals surface area contributed by atoms with Crippen molar-refractivity contribution in [3.63, 3.8) is 0 Å². The Kier molecular flexibility index (Phi) is 5.46. The minimum Gasteiger partial charge on any atom is -0.495 e. The lowest BCUT2D eigenvalue weighted by atomic mass is 10.2. The first-order valence-electron chi connectivity index (χ1n) is 5.72. The molecule has 106 valence electrons. The van der Waals surface area contributed by atoms with Gasteiger partial charge >= 0.3 is 0 Å². The van der Waals surface area contributed by atoms with Gasteiger partial charge in [-0.05, 0) is 62.2 Å². The lowest BCUT2D eigenvalue weighted by Crippen LogP contribution is -2.03. The van der Waals surface area contributed by atoms with Crippen molar-refractivity contribution >= 4 is 53.5 Å². The van der Waals surface area contributed by atoms with Crippen LogP contribution in [-0.2, 0) is 6.54 Å². The van der Waals surface area contributed by atoms with E-state index in [1.165, 1.54) is 12.1 Å². The van der Waals surface area contributed by atoms with E-state index < -0.39 is 0 Å². The van der Waals surface area contributed by atoms with Crippen molar-refractivity contribution in [2.24, 2.45) is 0 Å². The smallest absolute Gasteiger partial charge is 0.138 e. The molecule has 0 heterocycles. The fraction of sp³-hybridized carbons (Fsp3) is 0.143. The summed E-state index contributed by atoms with van der Waals surface area (Å²) in [7, 11) is 1.62. The summed E-state index contributed by atoms with van der Waals surface area (Å²) in [5, 5.41) is 3.19. The Bertz CT molecular complexity index is 634. The molecule has 0 aromatic heterocycles. The molecule has 0 aliphatic heterocycles. The Morgan fingerprint density at radius 1 is 1.10 bits per heavy atom. The largest absolute Gasteiger partial charge is 0.495 e. The monoisotopic (exact) mass is 465 g/mol. The minimum absolute atomic E-state index is 0.280. The second-order valence-corrected chi connectivity index (χ2v) is 6.68. The summed E-state index contributed by atoms with van der Waals surface area (Å²) in [6.45, 7) is 0.517. The van der Waals surface area contributed by atoms with Crippen LogP contribution in [0.5, 0.6) is 5.75 Å². The van der Waals surface area contributed by atoms with Crippen LogP contribution in [-0.4, -0.2) is 7.11 Å². The van der Waals surface area contributed by atoms with E-state index in [-0.39, 0.29) is 5.82 Å². The fourth-order valence-electron chi connectivity index (χ4n) is 1.80. The van der Waals surface area contributed by atoms with E-state index >= 15 is 0 Å². The van der Waals surface area contributed by atoms with Gasteiger partial charge in [-0.25, -0.2) is 4.39 Å². The van der Waals surface area contributed by atoms with E-state index in [2.05, 4.69) is 53.1 Å². The van der Waals surface area contributed by atoms with Crippen molar-refractivity contribution in [1.29, 1.82) is 0 Å². The van der Waals surface area contributed by atoms with Gasteiger partial charge in [-0.2, -0.15) is 0 Å². The molecule has 0 aliphatic rings. The number of hydrogen-bond donors (Lipinski definition) is 1. The van der Waals surface area contributed by atoms with Gasteiger partial charge in [0, 0.05) is 21.1 Å². The summed E-state index contributed by atoms with van der Waals surface area (Å²) in [5.41, 5.74) is 1.66. The van der Waals surface area contributed by atoms with Crippen LogP contribution in [0.2, 0.25) is 0 Å². The van der Waals surface area contributed by atoms with Crippen LogP contribution in [0.1, 0.15) is 5.56 Å². The first kappa shape index (κ1) is 15.8. The van der Waals surface area contributed by atoms with E-state index in [1.807, 2.05) is 12.1 Å². The van der Waals surface area contributed by atoms with Gasteiger partial charge in [0.2, 0.25) is 0 Å². The van der Waals surface area contributed by atoms with Gasteiger partial charge in [0.15, 0.2) is 0 Å². The second-order valence-electron chi connectivity index (χ2n) is 4.06. The maximum absolute atomic E-state index is 13.2. The Balaban J connectivity index is 2.24. The summed E-state index contributed by atoms with van der Waals surface area (Å²) in [6, 6.07) is 8.41. The lowest BCUT2D eigenvalue weighted by molar-refractivity contribution is 0.407. The van der Waals surface area contributed by atoms with Gasteiger partial charge in [-0.3, -0.25) is 0 Å². The molecule has 0 atom stereocenters. The number of benzene rings is 2. The summed E-state index contributed by atoms with van der Waals surface area (Å²) in [6.07, 6.45) is 0. The molecule has 0 aliphatic carbocycles. The minimum atomic E-state index is -0.280. The van der Waals surface area contributed by atoms with Crippen molar-refractivity contribution in [1.82, 2.24) is 0 Å². The number of halogens is 4. The van der Waals surface area contributed by atoms with Crippen LogP contribution < -0.4 is 10.1 Å². The topological polar surface area (TPSA) is 21.3 Å². The molecule has 0 bridgehead atoms. The number of anilines is 1. The summed E-state index contributed by atoms with van der Waals surface area (Å²) < 4.78 is 21.2. The maximum atomic E-state index is 13.2. The number of nitrogens with one attached hydrogen (secondary N) is 1. The molecule has 0 unspecified atom stereocenters. The zero-order valence-corrected chi connectivity index (χ0v) is 15.3. The van der Waals surface area contributed by atoms with Gasteiger partial charge in [-0.1, -0.05) is 15.9 Å². The van der Waals surface area contributed by atoms with E-state index in [4.69, 9.17) is 4.74 Å². The van der Waals surface area contributed by atoms with Gasteiger partial charge in [0.05, 0.1) is 17.3 Å². The Hall–Kier alpha value is -0.590. The van der Waals surface area contributed by atoms with Crippen LogP contribution in [0.3, 0.4) is 0 Å². The molecular weight excluding hydrogens is 457 g/mol. The number of methoxy groups -OCH3 is 1. The predicted octanol–water partition coefficient (Wildman–Crippen LogP) is 5.73. The van der Waals surface area contributed by atoms with Gasteiger partial charge in [-0.15, -0.1) is 0 Å². The standard InChI is InChI=1S/C14H11Br3FNO/c1-20-14-8(4-9(15)5-12(14)17)7-19-13-6-10(18)2-3-11(13)16/h2-6,19H,7H2,1H3. The van der Waals surface area contributed by atoms with Gasteiger partial charge in [0.25, 0.3) is 0 Å². The summed E-state index contributed by atoms with van der Waals surface area (Å²) >= 11 is 10.3. The molecular formula is C14H11Br3FNO. The predicted molar refractivity (Wildman–Crippen MR) is 89.8 cm³/mol. The third kappa shape index (κ3) is 3.74. The Morgan fingerprint density at radius 2 is 1.85 bits per heavy atom. The SMILES string of the molecule is COc1c(Br)cc(Br)cc1CNc1cc(F)ccc1Br. The molecule has 0 amide bonds. The molecule has 0 saturated carbocycles. The highest BCUT2D eigenvalue weighted by Gasteiger charge is 2.10. The molecule has 0 radical (unpaired) electrons. The molecule has 6 heteroatoms. The third-order valence-corrected chi connectivity index (χ3v) is 4.43. The van der Waals surface area contributed by atoms with Crippen molar-refractivity contribution in [2.75, 3.05) is 12.4 Å². The van der Waals surface area contributed by atoms with Gasteiger partial charge in [0.1, 0.15) is 11.6 Å². The lowest BCUT2D eigenvalue weighted by Gasteiger charge is -2.14. The van der Waals surface area contributed by atoms with Crippen molar-refractivity contribution in [3.05, 3.63) is 55.1 Å². The van der Waals surface area contributed by atoms with Crippen molar-refractivity contribution in [3.8, 4) is 5.75 Å². The van der Waals surface area contributed by atoms with E-state index in [9.17, 15) is 4.39 Å². The molecule has 1 N–H and O–H groups in total. The maximum Gasteiger partial charge on any atom is 0.138 e. The van der Waals surface area contributed by atoms with E-state index in [0.29, 0.717) is 12.2 Å². The van der Waals surface area contributed by atoms with Crippen molar-refractivity contribution in [2.45, 2.75) is 6.54 Å².